The third-order valence-corrected chi connectivity index (χ3v) is 2.10. The topological polar surface area (TPSA) is 55.8 Å². The summed E-state index contributed by atoms with van der Waals surface area (Å²) in [7, 11) is 1.04. The van der Waals surface area contributed by atoms with Crippen LogP contribution in [0.25, 0.3) is 0 Å². The number of rotatable bonds is 4. The molecule has 0 radical (unpaired) electrons. The fourth-order valence-electron chi connectivity index (χ4n) is 1.26. The molecular weight excluding hydrogens is 234 g/mol. The van der Waals surface area contributed by atoms with Crippen molar-refractivity contribution in [2.75, 3.05) is 13.7 Å². The van der Waals surface area contributed by atoms with Crippen LogP contribution in [-0.4, -0.2) is 24.8 Å². The first-order valence-corrected chi connectivity index (χ1v) is 4.89. The van der Waals surface area contributed by atoms with Gasteiger partial charge in [0.05, 0.1) is 13.7 Å². The van der Waals surface area contributed by atoms with Gasteiger partial charge in [-0.1, -0.05) is 0 Å². The van der Waals surface area contributed by atoms with Crippen LogP contribution in [-0.2, 0) is 9.53 Å². The molecule has 0 bridgehead atoms. The molecule has 1 rings (SSSR count). The lowest BCUT2D eigenvalue weighted by Gasteiger charge is -2.12. The van der Waals surface area contributed by atoms with Gasteiger partial charge in [0, 0.05) is 5.56 Å². The largest absolute Gasteiger partial charge is 0.491 e. The molecule has 0 aromatic heterocycles. The molecule has 1 unspecified atom stereocenters. The summed E-state index contributed by atoms with van der Waals surface area (Å²) in [6.07, 6.45) is -1.86. The normalized spacial score (nSPS) is 12.1. The summed E-state index contributed by atoms with van der Waals surface area (Å²) < 4.78 is 36.0. The highest BCUT2D eigenvalue weighted by Crippen LogP contribution is 2.27. The molecule has 1 atom stereocenters. The van der Waals surface area contributed by atoms with Crippen LogP contribution in [0.4, 0.5) is 8.78 Å². The van der Waals surface area contributed by atoms with Crippen LogP contribution in [0.15, 0.2) is 12.1 Å². The van der Waals surface area contributed by atoms with Gasteiger partial charge in [0.2, 0.25) is 5.82 Å². The van der Waals surface area contributed by atoms with Crippen LogP contribution in [0.5, 0.6) is 5.75 Å². The Balaban J connectivity index is 3.12. The third kappa shape index (κ3) is 2.71. The van der Waals surface area contributed by atoms with Gasteiger partial charge >= 0.3 is 5.97 Å². The van der Waals surface area contributed by atoms with E-state index < -0.39 is 29.3 Å². The summed E-state index contributed by atoms with van der Waals surface area (Å²) in [5.74, 6) is -3.90. The molecule has 0 saturated heterocycles. The zero-order valence-electron chi connectivity index (χ0n) is 9.37. The molecule has 1 N–H and O–H groups in total. The highest BCUT2D eigenvalue weighted by atomic mass is 19.2. The van der Waals surface area contributed by atoms with E-state index in [0.717, 1.165) is 19.2 Å². The Morgan fingerprint density at radius 3 is 2.59 bits per heavy atom. The minimum atomic E-state index is -1.86. The van der Waals surface area contributed by atoms with Gasteiger partial charge < -0.3 is 14.6 Å². The molecule has 0 aliphatic carbocycles. The number of benzene rings is 1. The van der Waals surface area contributed by atoms with Crippen molar-refractivity contribution in [1.29, 1.82) is 0 Å². The molecule has 4 nitrogen and oxygen atoms in total. The van der Waals surface area contributed by atoms with Crippen LogP contribution < -0.4 is 4.74 Å². The second kappa shape index (κ2) is 5.58. The first-order chi connectivity index (χ1) is 8.02. The third-order valence-electron chi connectivity index (χ3n) is 2.10. The maximum Gasteiger partial charge on any atom is 0.339 e. The Morgan fingerprint density at radius 1 is 1.41 bits per heavy atom. The van der Waals surface area contributed by atoms with Crippen molar-refractivity contribution in [3.63, 3.8) is 0 Å². The summed E-state index contributed by atoms with van der Waals surface area (Å²) in [5.41, 5.74) is -0.488. The highest BCUT2D eigenvalue weighted by Gasteiger charge is 2.25. The number of hydrogen-bond donors (Lipinski definition) is 1. The van der Waals surface area contributed by atoms with Crippen molar-refractivity contribution >= 4 is 5.97 Å². The molecule has 0 saturated carbocycles. The quantitative estimate of drug-likeness (QED) is 0.819. The fraction of sp³-hybridized carbons (Fsp3) is 0.364. The van der Waals surface area contributed by atoms with E-state index in [1.165, 1.54) is 0 Å². The number of ether oxygens (including phenoxy) is 2. The van der Waals surface area contributed by atoms with Crippen molar-refractivity contribution in [2.45, 2.75) is 13.0 Å². The van der Waals surface area contributed by atoms with Crippen LogP contribution in [0, 0.1) is 11.6 Å². The summed E-state index contributed by atoms with van der Waals surface area (Å²) in [6.45, 7) is 1.80. The van der Waals surface area contributed by atoms with E-state index in [2.05, 4.69) is 4.74 Å². The SMILES string of the molecule is CCOc1ccc(C(O)C(=O)OC)c(F)c1F. The molecule has 0 heterocycles. The average molecular weight is 246 g/mol. The van der Waals surface area contributed by atoms with Crippen molar-refractivity contribution in [3.05, 3.63) is 29.3 Å². The van der Waals surface area contributed by atoms with Crippen LogP contribution in [0.3, 0.4) is 0 Å². The number of hydrogen-bond acceptors (Lipinski definition) is 4. The molecule has 0 aliphatic heterocycles. The van der Waals surface area contributed by atoms with Gasteiger partial charge in [0.1, 0.15) is 0 Å². The van der Waals surface area contributed by atoms with Crippen LogP contribution in [0.1, 0.15) is 18.6 Å². The molecule has 1 aromatic rings. The van der Waals surface area contributed by atoms with E-state index in [9.17, 15) is 18.7 Å². The molecule has 0 fully saturated rings. The number of methoxy groups -OCH3 is 1. The summed E-state index contributed by atoms with van der Waals surface area (Å²) in [5, 5.41) is 9.39. The molecular formula is C11H12F2O4. The van der Waals surface area contributed by atoms with Gasteiger partial charge in [-0.15, -0.1) is 0 Å². The minimum absolute atomic E-state index is 0.176. The molecule has 1 aromatic carbocycles. The summed E-state index contributed by atoms with van der Waals surface area (Å²) in [4.78, 5) is 11.0. The minimum Gasteiger partial charge on any atom is -0.491 e. The number of aliphatic hydroxyl groups excluding tert-OH is 1. The maximum atomic E-state index is 13.5. The maximum absolute atomic E-state index is 13.5. The van der Waals surface area contributed by atoms with E-state index in [1.807, 2.05) is 0 Å². The molecule has 0 spiro atoms. The monoisotopic (exact) mass is 246 g/mol. The second-order valence-corrected chi connectivity index (χ2v) is 3.14. The van der Waals surface area contributed by atoms with Gasteiger partial charge in [-0.25, -0.2) is 9.18 Å². The predicted molar refractivity (Wildman–Crippen MR) is 54.5 cm³/mol. The van der Waals surface area contributed by atoms with Crippen molar-refractivity contribution < 1.29 is 28.2 Å². The van der Waals surface area contributed by atoms with Crippen molar-refractivity contribution in [1.82, 2.24) is 0 Å². The van der Waals surface area contributed by atoms with Gasteiger partial charge in [0.15, 0.2) is 17.7 Å². The molecule has 6 heteroatoms. The van der Waals surface area contributed by atoms with E-state index >= 15 is 0 Å². The molecule has 94 valence electrons. The van der Waals surface area contributed by atoms with Crippen LogP contribution in [0.2, 0.25) is 0 Å². The number of halogens is 2. The van der Waals surface area contributed by atoms with E-state index in [4.69, 9.17) is 4.74 Å². The molecule has 17 heavy (non-hydrogen) atoms. The van der Waals surface area contributed by atoms with Gasteiger partial charge in [-0.2, -0.15) is 4.39 Å². The number of carbonyl (C=O) groups is 1. The van der Waals surface area contributed by atoms with Crippen molar-refractivity contribution in [3.8, 4) is 5.75 Å². The zero-order valence-corrected chi connectivity index (χ0v) is 9.37. The number of carbonyl (C=O) groups excluding carboxylic acids is 1. The Kier molecular flexibility index (Phi) is 4.39. The second-order valence-electron chi connectivity index (χ2n) is 3.14. The Labute approximate surface area is 96.8 Å². The van der Waals surface area contributed by atoms with Gasteiger partial charge in [0.25, 0.3) is 0 Å². The lowest BCUT2D eigenvalue weighted by Crippen LogP contribution is -2.15. The summed E-state index contributed by atoms with van der Waals surface area (Å²) in [6, 6.07) is 2.22. The Hall–Kier alpha value is -1.69. The van der Waals surface area contributed by atoms with E-state index in [-0.39, 0.29) is 12.4 Å². The average Bonchev–Trinajstić information content (AvgIpc) is 2.33. The smallest absolute Gasteiger partial charge is 0.339 e. The molecule has 0 amide bonds. The van der Waals surface area contributed by atoms with Crippen molar-refractivity contribution in [2.24, 2.45) is 0 Å². The standard InChI is InChI=1S/C11H12F2O4/c1-3-17-7-5-4-6(8(12)9(7)13)10(14)11(15)16-2/h4-5,10,14H,3H2,1-2H3. The fourth-order valence-corrected chi connectivity index (χ4v) is 1.26. The first kappa shape index (κ1) is 13.4. The predicted octanol–water partition coefficient (Wildman–Crippen LogP) is 1.57. The Morgan fingerprint density at radius 2 is 2.06 bits per heavy atom. The van der Waals surface area contributed by atoms with E-state index in [0.29, 0.717) is 0 Å². The van der Waals surface area contributed by atoms with Crippen LogP contribution >= 0.6 is 0 Å². The molecule has 0 aliphatic rings. The Bertz CT molecular complexity index is 420. The highest BCUT2D eigenvalue weighted by molar-refractivity contribution is 5.76. The number of esters is 1. The lowest BCUT2D eigenvalue weighted by molar-refractivity contribution is -0.150. The lowest BCUT2D eigenvalue weighted by atomic mass is 10.1. The summed E-state index contributed by atoms with van der Waals surface area (Å²) >= 11 is 0. The zero-order chi connectivity index (χ0) is 13.0. The number of aliphatic hydroxyl groups is 1. The van der Waals surface area contributed by atoms with E-state index in [1.54, 1.807) is 6.92 Å². The first-order valence-electron chi connectivity index (χ1n) is 4.89. The van der Waals surface area contributed by atoms with Gasteiger partial charge in [-0.05, 0) is 19.1 Å². The van der Waals surface area contributed by atoms with Gasteiger partial charge in [-0.3, -0.25) is 0 Å².